The first kappa shape index (κ1) is 11.3. The summed E-state index contributed by atoms with van der Waals surface area (Å²) in [6.07, 6.45) is 2.11. The number of sulfone groups is 1. The van der Waals surface area contributed by atoms with Crippen LogP contribution in [0.5, 0.6) is 0 Å². The second kappa shape index (κ2) is 4.16. The van der Waals surface area contributed by atoms with Crippen LogP contribution in [0, 0.1) is 0 Å². The maximum atomic E-state index is 11.3. The molecule has 1 unspecified atom stereocenters. The van der Waals surface area contributed by atoms with Crippen LogP contribution in [0.3, 0.4) is 0 Å². The average Bonchev–Trinajstić information content (AvgIpc) is 2.15. The quantitative estimate of drug-likeness (QED) is 0.637. The van der Waals surface area contributed by atoms with Gasteiger partial charge in [0, 0.05) is 19.3 Å². The Labute approximate surface area is 83.9 Å². The Hall–Kier alpha value is -0.780. The van der Waals surface area contributed by atoms with Crippen LogP contribution < -0.4 is 0 Å². The Morgan fingerprint density at radius 3 is 2.64 bits per heavy atom. The summed E-state index contributed by atoms with van der Waals surface area (Å²) < 4.78 is 27.1. The third-order valence-electron chi connectivity index (χ3n) is 2.42. The molecule has 0 bridgehead atoms. The third-order valence-corrected chi connectivity index (χ3v) is 4.01. The zero-order chi connectivity index (χ0) is 10.8. The fourth-order valence-electron chi connectivity index (χ4n) is 1.58. The van der Waals surface area contributed by atoms with Crippen molar-refractivity contribution in [2.45, 2.75) is 18.1 Å². The first-order valence-corrected chi connectivity index (χ1v) is 6.42. The Kier molecular flexibility index (Phi) is 3.36. The molecule has 1 fully saturated rings. The van der Waals surface area contributed by atoms with E-state index in [2.05, 4.69) is 4.74 Å². The molecule has 82 valence electrons. The predicted molar refractivity (Wildman–Crippen MR) is 51.8 cm³/mol. The molecule has 1 atom stereocenters. The van der Waals surface area contributed by atoms with Crippen molar-refractivity contribution >= 4 is 15.9 Å². The van der Waals surface area contributed by atoms with E-state index in [0.717, 1.165) is 0 Å². The van der Waals surface area contributed by atoms with Crippen LogP contribution in [-0.2, 0) is 14.6 Å². The van der Waals surface area contributed by atoms with Gasteiger partial charge in [-0.1, -0.05) is 0 Å². The number of hydrogen-bond donors (Lipinski definition) is 0. The van der Waals surface area contributed by atoms with E-state index in [9.17, 15) is 13.2 Å². The van der Waals surface area contributed by atoms with Crippen molar-refractivity contribution in [3.8, 4) is 0 Å². The molecule has 1 saturated heterocycles. The molecule has 0 radical (unpaired) electrons. The minimum absolute atomic E-state index is 0.255. The summed E-state index contributed by atoms with van der Waals surface area (Å²) in [5, 5.41) is -0.435. The first-order valence-electron chi connectivity index (χ1n) is 4.47. The van der Waals surface area contributed by atoms with Crippen molar-refractivity contribution in [2.24, 2.45) is 0 Å². The van der Waals surface area contributed by atoms with Crippen molar-refractivity contribution in [1.29, 1.82) is 0 Å². The lowest BCUT2D eigenvalue weighted by molar-refractivity contribution is 0.116. The monoisotopic (exact) mass is 221 g/mol. The highest BCUT2D eigenvalue weighted by molar-refractivity contribution is 7.91. The number of amides is 1. The number of piperidine rings is 1. The van der Waals surface area contributed by atoms with Gasteiger partial charge in [-0.2, -0.15) is 0 Å². The summed E-state index contributed by atoms with van der Waals surface area (Å²) in [6.45, 7) is 0.838. The van der Waals surface area contributed by atoms with E-state index in [-0.39, 0.29) is 6.54 Å². The molecule has 0 aliphatic carbocycles. The molecule has 1 aliphatic heterocycles. The van der Waals surface area contributed by atoms with Gasteiger partial charge in [-0.25, -0.2) is 13.2 Å². The number of ether oxygens (including phenoxy) is 1. The zero-order valence-electron chi connectivity index (χ0n) is 8.39. The number of rotatable bonds is 1. The van der Waals surface area contributed by atoms with E-state index in [1.54, 1.807) is 0 Å². The maximum Gasteiger partial charge on any atom is 0.409 e. The van der Waals surface area contributed by atoms with Gasteiger partial charge < -0.3 is 9.64 Å². The molecule has 1 rings (SSSR count). The molecule has 1 amide bonds. The lowest BCUT2D eigenvalue weighted by atomic mass is 10.1. The maximum absolute atomic E-state index is 11.3. The number of carbonyl (C=O) groups is 1. The molecule has 0 aromatic carbocycles. The van der Waals surface area contributed by atoms with Gasteiger partial charge in [-0.3, -0.25) is 0 Å². The van der Waals surface area contributed by atoms with Crippen molar-refractivity contribution in [3.63, 3.8) is 0 Å². The number of hydrogen-bond acceptors (Lipinski definition) is 4. The van der Waals surface area contributed by atoms with Gasteiger partial charge >= 0.3 is 6.09 Å². The summed E-state index contributed by atoms with van der Waals surface area (Å²) in [7, 11) is -1.75. The highest BCUT2D eigenvalue weighted by Crippen LogP contribution is 2.16. The molecule has 0 saturated carbocycles. The average molecular weight is 221 g/mol. The number of carbonyl (C=O) groups excluding carboxylic acids is 1. The number of likely N-dealkylation sites (tertiary alicyclic amines) is 1. The summed E-state index contributed by atoms with van der Waals surface area (Å²) in [5.41, 5.74) is 0. The summed E-state index contributed by atoms with van der Waals surface area (Å²) in [4.78, 5) is 12.6. The minimum Gasteiger partial charge on any atom is -0.453 e. The van der Waals surface area contributed by atoms with E-state index >= 15 is 0 Å². The highest BCUT2D eigenvalue weighted by Gasteiger charge is 2.30. The molecule has 14 heavy (non-hydrogen) atoms. The highest BCUT2D eigenvalue weighted by atomic mass is 32.2. The number of nitrogens with zero attached hydrogens (tertiary/aromatic N) is 1. The third kappa shape index (κ3) is 2.60. The second-order valence-electron chi connectivity index (χ2n) is 3.51. The molecule has 6 heteroatoms. The van der Waals surface area contributed by atoms with Crippen molar-refractivity contribution in [3.05, 3.63) is 0 Å². The zero-order valence-corrected chi connectivity index (χ0v) is 9.21. The van der Waals surface area contributed by atoms with Crippen LogP contribution in [0.15, 0.2) is 0 Å². The van der Waals surface area contributed by atoms with Gasteiger partial charge in [-0.05, 0) is 12.8 Å². The largest absolute Gasteiger partial charge is 0.453 e. The molecule has 0 aromatic heterocycles. The molecular weight excluding hydrogens is 206 g/mol. The van der Waals surface area contributed by atoms with Gasteiger partial charge in [0.2, 0.25) is 0 Å². The Morgan fingerprint density at radius 2 is 2.14 bits per heavy atom. The summed E-state index contributed by atoms with van der Waals surface area (Å²) in [6, 6.07) is 0. The number of methoxy groups -OCH3 is 1. The molecule has 5 nitrogen and oxygen atoms in total. The van der Waals surface area contributed by atoms with Crippen LogP contribution in [0.25, 0.3) is 0 Å². The molecule has 0 spiro atoms. The van der Waals surface area contributed by atoms with Gasteiger partial charge in [0.25, 0.3) is 0 Å². The van der Waals surface area contributed by atoms with Crippen LogP contribution in [0.2, 0.25) is 0 Å². The SMILES string of the molecule is COC(=O)N1CCCC(S(C)(=O)=O)C1. The second-order valence-corrected chi connectivity index (χ2v) is 5.84. The van der Waals surface area contributed by atoms with E-state index in [1.165, 1.54) is 18.3 Å². The molecule has 0 aromatic rings. The van der Waals surface area contributed by atoms with E-state index < -0.39 is 21.2 Å². The molecule has 1 heterocycles. The molecule has 1 aliphatic rings. The Morgan fingerprint density at radius 1 is 1.50 bits per heavy atom. The van der Waals surface area contributed by atoms with Crippen molar-refractivity contribution in [1.82, 2.24) is 4.90 Å². The van der Waals surface area contributed by atoms with Crippen LogP contribution >= 0.6 is 0 Å². The lowest BCUT2D eigenvalue weighted by Gasteiger charge is -2.30. The standard InChI is InChI=1S/C8H15NO4S/c1-13-8(10)9-5-3-4-7(6-9)14(2,11)12/h7H,3-6H2,1-2H3. The van der Waals surface area contributed by atoms with Crippen molar-refractivity contribution in [2.75, 3.05) is 26.5 Å². The van der Waals surface area contributed by atoms with Crippen molar-refractivity contribution < 1.29 is 17.9 Å². The summed E-state index contributed by atoms with van der Waals surface area (Å²) >= 11 is 0. The topological polar surface area (TPSA) is 63.7 Å². The van der Waals surface area contributed by atoms with Crippen LogP contribution in [-0.4, -0.2) is 51.1 Å². The van der Waals surface area contributed by atoms with Gasteiger partial charge in [0.1, 0.15) is 0 Å². The van der Waals surface area contributed by atoms with Crippen LogP contribution in [0.1, 0.15) is 12.8 Å². The van der Waals surface area contributed by atoms with E-state index in [0.29, 0.717) is 19.4 Å². The van der Waals surface area contributed by atoms with E-state index in [4.69, 9.17) is 0 Å². The Bertz CT molecular complexity index is 311. The van der Waals surface area contributed by atoms with Gasteiger partial charge in [-0.15, -0.1) is 0 Å². The minimum atomic E-state index is -3.05. The molecule has 0 N–H and O–H groups in total. The smallest absolute Gasteiger partial charge is 0.409 e. The summed E-state index contributed by atoms with van der Waals surface area (Å²) in [5.74, 6) is 0. The fourth-order valence-corrected chi connectivity index (χ4v) is 2.63. The first-order chi connectivity index (χ1) is 6.45. The van der Waals surface area contributed by atoms with Crippen LogP contribution in [0.4, 0.5) is 4.79 Å². The van der Waals surface area contributed by atoms with E-state index in [1.807, 2.05) is 0 Å². The Balaban J connectivity index is 2.65. The van der Waals surface area contributed by atoms with Gasteiger partial charge in [0.15, 0.2) is 9.84 Å². The predicted octanol–water partition coefficient (Wildman–Crippen LogP) is 0.262. The normalized spacial score (nSPS) is 23.3. The lowest BCUT2D eigenvalue weighted by Crippen LogP contribution is -2.44. The van der Waals surface area contributed by atoms with Gasteiger partial charge in [0.05, 0.1) is 12.4 Å². The fraction of sp³-hybridized carbons (Fsp3) is 0.875. The molecular formula is C8H15NO4S.